The third-order valence-electron chi connectivity index (χ3n) is 5.72. The van der Waals surface area contributed by atoms with Gasteiger partial charge < -0.3 is 15.0 Å². The minimum absolute atomic E-state index is 0.115. The van der Waals surface area contributed by atoms with Crippen molar-refractivity contribution in [3.8, 4) is 5.75 Å². The van der Waals surface area contributed by atoms with Crippen LogP contribution in [0, 0.1) is 6.92 Å². The fourth-order valence-electron chi connectivity index (χ4n) is 3.85. The number of ether oxygens (including phenoxy) is 1. The third-order valence-corrected chi connectivity index (χ3v) is 6.92. The van der Waals surface area contributed by atoms with Gasteiger partial charge in [0.2, 0.25) is 21.8 Å². The molecule has 0 radical (unpaired) electrons. The minimum Gasteiger partial charge on any atom is -0.497 e. The molecule has 0 spiro atoms. The van der Waals surface area contributed by atoms with Crippen molar-refractivity contribution in [3.05, 3.63) is 59.7 Å². The summed E-state index contributed by atoms with van der Waals surface area (Å²) in [6.45, 7) is 6.56. The molecule has 2 rings (SSSR count). The van der Waals surface area contributed by atoms with E-state index in [9.17, 15) is 18.0 Å². The van der Waals surface area contributed by atoms with Crippen molar-refractivity contribution >= 4 is 27.5 Å². The van der Waals surface area contributed by atoms with Gasteiger partial charge in [0, 0.05) is 26.1 Å². The van der Waals surface area contributed by atoms with Crippen molar-refractivity contribution in [1.82, 2.24) is 10.2 Å². The summed E-state index contributed by atoms with van der Waals surface area (Å²) in [7, 11) is -1.93. The number of nitrogens with one attached hydrogen (secondary N) is 1. The molecule has 2 aromatic carbocycles. The average molecular weight is 504 g/mol. The van der Waals surface area contributed by atoms with Crippen LogP contribution in [0.4, 0.5) is 5.69 Å². The van der Waals surface area contributed by atoms with Gasteiger partial charge in [-0.3, -0.25) is 13.9 Å². The number of sulfonamides is 1. The number of likely N-dealkylation sites (N-methyl/N-ethyl adjacent to an activating group) is 1. The highest BCUT2D eigenvalue weighted by Gasteiger charge is 2.28. The number of hydrogen-bond acceptors (Lipinski definition) is 5. The number of rotatable bonds is 13. The first kappa shape index (κ1) is 28.2. The maximum Gasteiger partial charge on any atom is 0.242 e. The predicted molar refractivity (Wildman–Crippen MR) is 139 cm³/mol. The first-order valence-electron chi connectivity index (χ1n) is 11.8. The lowest BCUT2D eigenvalue weighted by Crippen LogP contribution is -2.49. The Kier molecular flexibility index (Phi) is 10.6. The Morgan fingerprint density at radius 1 is 1.03 bits per heavy atom. The van der Waals surface area contributed by atoms with E-state index in [2.05, 4.69) is 5.32 Å². The Labute approximate surface area is 209 Å². The van der Waals surface area contributed by atoms with Crippen molar-refractivity contribution in [2.24, 2.45) is 0 Å². The number of nitrogens with zero attached hydrogens (tertiary/aromatic N) is 2. The molecule has 0 unspecified atom stereocenters. The molecule has 1 atom stereocenters. The second-order valence-corrected chi connectivity index (χ2v) is 10.4. The molecular weight excluding hydrogens is 466 g/mol. The van der Waals surface area contributed by atoms with E-state index in [1.54, 1.807) is 24.1 Å². The first-order chi connectivity index (χ1) is 16.6. The summed E-state index contributed by atoms with van der Waals surface area (Å²) in [4.78, 5) is 27.7. The van der Waals surface area contributed by atoms with Gasteiger partial charge in [-0.15, -0.1) is 0 Å². The van der Waals surface area contributed by atoms with Crippen molar-refractivity contribution in [1.29, 1.82) is 0 Å². The standard InChI is InChI=1S/C26H37N3O5S/c1-6-24(26(31)27-7-2)28(19-21-12-16-23(34-4)17-13-21)25(30)9-8-18-29(35(5,32)33)22-14-10-20(3)11-15-22/h10-17,24H,6-9,18-19H2,1-5H3,(H,27,31)/t24-/m1/s1. The van der Waals surface area contributed by atoms with Crippen molar-refractivity contribution in [2.75, 3.05) is 30.8 Å². The molecule has 0 aliphatic carbocycles. The summed E-state index contributed by atoms with van der Waals surface area (Å²) >= 11 is 0. The number of hydrogen-bond donors (Lipinski definition) is 1. The quantitative estimate of drug-likeness (QED) is 0.451. The van der Waals surface area contributed by atoms with Crippen LogP contribution >= 0.6 is 0 Å². The van der Waals surface area contributed by atoms with Crippen LogP contribution in [0.15, 0.2) is 48.5 Å². The molecule has 0 saturated carbocycles. The van der Waals surface area contributed by atoms with E-state index >= 15 is 0 Å². The van der Waals surface area contributed by atoms with Gasteiger partial charge in [-0.1, -0.05) is 36.8 Å². The molecule has 2 amide bonds. The Hall–Kier alpha value is -3.07. The Morgan fingerprint density at radius 3 is 2.17 bits per heavy atom. The van der Waals surface area contributed by atoms with E-state index in [-0.39, 0.29) is 31.3 Å². The van der Waals surface area contributed by atoms with E-state index in [0.29, 0.717) is 30.8 Å². The summed E-state index contributed by atoms with van der Waals surface area (Å²) in [5.41, 5.74) is 2.47. The molecule has 0 saturated heterocycles. The zero-order valence-electron chi connectivity index (χ0n) is 21.3. The van der Waals surface area contributed by atoms with Gasteiger partial charge in [-0.25, -0.2) is 8.42 Å². The largest absolute Gasteiger partial charge is 0.497 e. The Bertz CT molecular complexity index is 1070. The van der Waals surface area contributed by atoms with Gasteiger partial charge >= 0.3 is 0 Å². The zero-order valence-corrected chi connectivity index (χ0v) is 22.1. The predicted octanol–water partition coefficient (Wildman–Crippen LogP) is 3.49. The fourth-order valence-corrected chi connectivity index (χ4v) is 4.82. The maximum atomic E-state index is 13.3. The number of anilines is 1. The van der Waals surface area contributed by atoms with Gasteiger partial charge in [-0.2, -0.15) is 0 Å². The second kappa shape index (κ2) is 13.1. The summed E-state index contributed by atoms with van der Waals surface area (Å²) in [6, 6.07) is 14.0. The third kappa shape index (κ3) is 8.28. The molecule has 192 valence electrons. The zero-order chi connectivity index (χ0) is 26.0. The van der Waals surface area contributed by atoms with Gasteiger partial charge in [0.25, 0.3) is 0 Å². The second-order valence-electron chi connectivity index (χ2n) is 8.46. The Morgan fingerprint density at radius 2 is 1.66 bits per heavy atom. The minimum atomic E-state index is -3.51. The molecule has 8 nitrogen and oxygen atoms in total. The number of aryl methyl sites for hydroxylation is 1. The Balaban J connectivity index is 2.19. The number of methoxy groups -OCH3 is 1. The van der Waals surface area contributed by atoms with Gasteiger partial charge in [0.1, 0.15) is 11.8 Å². The molecule has 0 aliphatic heterocycles. The normalized spacial score (nSPS) is 12.0. The van der Waals surface area contributed by atoms with Crippen LogP contribution in [-0.2, 0) is 26.2 Å². The molecule has 0 heterocycles. The van der Waals surface area contributed by atoms with Gasteiger partial charge in [0.05, 0.1) is 19.1 Å². The molecular formula is C26H37N3O5S. The number of benzene rings is 2. The van der Waals surface area contributed by atoms with Crippen LogP contribution in [0.5, 0.6) is 5.75 Å². The van der Waals surface area contributed by atoms with Crippen LogP contribution < -0.4 is 14.4 Å². The van der Waals surface area contributed by atoms with E-state index in [4.69, 9.17) is 4.74 Å². The lowest BCUT2D eigenvalue weighted by atomic mass is 10.1. The molecule has 2 aromatic rings. The van der Waals surface area contributed by atoms with Gasteiger partial charge in [-0.05, 0) is 56.5 Å². The highest BCUT2D eigenvalue weighted by atomic mass is 32.2. The highest BCUT2D eigenvalue weighted by molar-refractivity contribution is 7.92. The number of amides is 2. The van der Waals surface area contributed by atoms with Crippen LogP contribution in [-0.4, -0.2) is 57.6 Å². The van der Waals surface area contributed by atoms with E-state index < -0.39 is 16.1 Å². The van der Waals surface area contributed by atoms with Crippen LogP contribution in [0.2, 0.25) is 0 Å². The monoisotopic (exact) mass is 503 g/mol. The summed E-state index contributed by atoms with van der Waals surface area (Å²) in [5.74, 6) is 0.310. The lowest BCUT2D eigenvalue weighted by Gasteiger charge is -2.31. The van der Waals surface area contributed by atoms with Gasteiger partial charge in [0.15, 0.2) is 0 Å². The molecule has 0 bridgehead atoms. The summed E-state index contributed by atoms with van der Waals surface area (Å²) < 4.78 is 31.3. The molecule has 0 aliphatic rings. The smallest absolute Gasteiger partial charge is 0.242 e. The maximum absolute atomic E-state index is 13.3. The molecule has 9 heteroatoms. The number of carbonyl (C=O) groups excluding carboxylic acids is 2. The van der Waals surface area contributed by atoms with E-state index in [0.717, 1.165) is 17.4 Å². The van der Waals surface area contributed by atoms with E-state index in [1.807, 2.05) is 57.2 Å². The lowest BCUT2D eigenvalue weighted by molar-refractivity contribution is -0.141. The van der Waals surface area contributed by atoms with E-state index in [1.165, 1.54) is 4.31 Å². The summed E-state index contributed by atoms with van der Waals surface area (Å²) in [5, 5.41) is 2.82. The molecule has 35 heavy (non-hydrogen) atoms. The number of carbonyl (C=O) groups is 2. The topological polar surface area (TPSA) is 96.0 Å². The van der Waals surface area contributed by atoms with Crippen LogP contribution in [0.25, 0.3) is 0 Å². The van der Waals surface area contributed by atoms with Crippen molar-refractivity contribution < 1.29 is 22.7 Å². The van der Waals surface area contributed by atoms with Crippen molar-refractivity contribution in [3.63, 3.8) is 0 Å². The molecule has 0 aromatic heterocycles. The summed E-state index contributed by atoms with van der Waals surface area (Å²) in [6.07, 6.45) is 2.06. The molecule has 0 fully saturated rings. The first-order valence-corrected chi connectivity index (χ1v) is 13.7. The highest BCUT2D eigenvalue weighted by Crippen LogP contribution is 2.21. The van der Waals surface area contributed by atoms with Crippen molar-refractivity contribution in [2.45, 2.75) is 52.6 Å². The van der Waals surface area contributed by atoms with Crippen LogP contribution in [0.3, 0.4) is 0 Å². The van der Waals surface area contributed by atoms with Crippen LogP contribution in [0.1, 0.15) is 44.2 Å². The SMILES string of the molecule is CCNC(=O)[C@@H](CC)N(Cc1ccc(OC)cc1)C(=O)CCCN(c1ccc(C)cc1)S(C)(=O)=O. The molecule has 1 N–H and O–H groups in total. The fraction of sp³-hybridized carbons (Fsp3) is 0.462. The average Bonchev–Trinajstić information content (AvgIpc) is 2.82.